The average molecular weight is 432 g/mol. The summed E-state index contributed by atoms with van der Waals surface area (Å²) in [5.41, 5.74) is 3.09. The highest BCUT2D eigenvalue weighted by atomic mass is 35.5. The number of amides is 1. The minimum atomic E-state index is 0.285. The minimum Gasteiger partial charge on any atom is -0.343 e. The summed E-state index contributed by atoms with van der Waals surface area (Å²) in [6.45, 7) is 4.52. The van der Waals surface area contributed by atoms with Gasteiger partial charge >= 0.3 is 0 Å². The highest BCUT2D eigenvalue weighted by molar-refractivity contribution is 7.14. The van der Waals surface area contributed by atoms with E-state index in [-0.39, 0.29) is 5.91 Å². The molecule has 28 heavy (non-hydrogen) atoms. The molecule has 1 aliphatic heterocycles. The molecule has 3 heterocycles. The molecule has 4 rings (SSSR count). The van der Waals surface area contributed by atoms with Gasteiger partial charge in [0.05, 0.1) is 16.3 Å². The standard InChI is InChI=1S/C21H22ClN3OS2/c1-15-7-8-16(13-17(15)22)23-21-25(11-4-10-24-9-2-6-20(24)26)18(14-28-21)19-5-3-12-27-19/h3,5,7-8,12-14H,2,4,6,9-11H2,1H3. The summed E-state index contributed by atoms with van der Waals surface area (Å²) in [5.74, 6) is 0.285. The molecule has 3 aromatic rings. The summed E-state index contributed by atoms with van der Waals surface area (Å²) in [4.78, 5) is 20.9. The largest absolute Gasteiger partial charge is 0.343 e. The zero-order valence-corrected chi connectivity index (χ0v) is 18.1. The van der Waals surface area contributed by atoms with Crippen molar-refractivity contribution in [2.24, 2.45) is 4.99 Å². The Morgan fingerprint density at radius 3 is 2.82 bits per heavy atom. The van der Waals surface area contributed by atoms with Gasteiger partial charge in [0, 0.05) is 36.5 Å². The third-order valence-electron chi connectivity index (χ3n) is 4.93. The van der Waals surface area contributed by atoms with Crippen LogP contribution in [0.5, 0.6) is 0 Å². The van der Waals surface area contributed by atoms with Crippen LogP contribution >= 0.6 is 34.3 Å². The van der Waals surface area contributed by atoms with Gasteiger partial charge in [0.2, 0.25) is 5.91 Å². The lowest BCUT2D eigenvalue weighted by Crippen LogP contribution is -2.27. The maximum Gasteiger partial charge on any atom is 0.222 e. The molecule has 146 valence electrons. The van der Waals surface area contributed by atoms with E-state index in [1.807, 2.05) is 30.0 Å². The van der Waals surface area contributed by atoms with E-state index in [0.29, 0.717) is 6.42 Å². The van der Waals surface area contributed by atoms with E-state index in [1.54, 1.807) is 22.7 Å². The van der Waals surface area contributed by atoms with E-state index in [4.69, 9.17) is 16.6 Å². The lowest BCUT2D eigenvalue weighted by Gasteiger charge is -2.16. The average Bonchev–Trinajstić information content (AvgIpc) is 3.41. The quantitative estimate of drug-likeness (QED) is 0.508. The van der Waals surface area contributed by atoms with E-state index in [0.717, 1.165) is 53.6 Å². The second-order valence-electron chi connectivity index (χ2n) is 6.92. The molecule has 1 fully saturated rings. The van der Waals surface area contributed by atoms with Crippen molar-refractivity contribution >= 4 is 45.9 Å². The Kier molecular flexibility index (Phi) is 5.99. The van der Waals surface area contributed by atoms with Gasteiger partial charge in [0.25, 0.3) is 0 Å². The lowest BCUT2D eigenvalue weighted by atomic mass is 10.2. The summed E-state index contributed by atoms with van der Waals surface area (Å²) < 4.78 is 2.27. The number of likely N-dealkylation sites (tertiary alicyclic amines) is 1. The number of hydrogen-bond acceptors (Lipinski definition) is 4. The Labute approximate surface area is 177 Å². The SMILES string of the molecule is Cc1ccc(N=c2scc(-c3cccs3)n2CCCN2CCCC2=O)cc1Cl. The molecule has 4 nitrogen and oxygen atoms in total. The monoisotopic (exact) mass is 431 g/mol. The lowest BCUT2D eigenvalue weighted by molar-refractivity contribution is -0.127. The molecule has 7 heteroatoms. The third kappa shape index (κ3) is 4.24. The molecule has 1 aromatic carbocycles. The number of aryl methyl sites for hydroxylation is 1. The fourth-order valence-corrected chi connectivity index (χ4v) is 5.33. The van der Waals surface area contributed by atoms with Gasteiger partial charge < -0.3 is 9.47 Å². The van der Waals surface area contributed by atoms with Crippen LogP contribution < -0.4 is 4.80 Å². The Balaban J connectivity index is 1.63. The van der Waals surface area contributed by atoms with E-state index in [9.17, 15) is 4.79 Å². The third-order valence-corrected chi connectivity index (χ3v) is 7.10. The Morgan fingerprint density at radius 2 is 2.11 bits per heavy atom. The summed E-state index contributed by atoms with van der Waals surface area (Å²) in [6.07, 6.45) is 2.60. The second kappa shape index (κ2) is 8.64. The summed E-state index contributed by atoms with van der Waals surface area (Å²) >= 11 is 9.65. The fourth-order valence-electron chi connectivity index (χ4n) is 3.38. The van der Waals surface area contributed by atoms with Crippen molar-refractivity contribution < 1.29 is 4.79 Å². The first kappa shape index (κ1) is 19.4. The molecule has 0 unspecified atom stereocenters. The smallest absolute Gasteiger partial charge is 0.222 e. The number of carbonyl (C=O) groups is 1. The van der Waals surface area contributed by atoms with Crippen molar-refractivity contribution in [1.29, 1.82) is 0 Å². The van der Waals surface area contributed by atoms with Crippen LogP contribution in [-0.4, -0.2) is 28.5 Å². The van der Waals surface area contributed by atoms with Crippen molar-refractivity contribution in [3.8, 4) is 10.6 Å². The van der Waals surface area contributed by atoms with Crippen LogP contribution in [0.4, 0.5) is 5.69 Å². The summed E-state index contributed by atoms with van der Waals surface area (Å²) in [7, 11) is 0. The van der Waals surface area contributed by atoms with Crippen molar-refractivity contribution in [3.05, 3.63) is 56.5 Å². The molecule has 0 atom stereocenters. The maximum atomic E-state index is 11.9. The highest BCUT2D eigenvalue weighted by Gasteiger charge is 2.19. The van der Waals surface area contributed by atoms with Crippen LogP contribution in [0.2, 0.25) is 5.02 Å². The molecule has 0 bridgehead atoms. The zero-order chi connectivity index (χ0) is 19.5. The highest BCUT2D eigenvalue weighted by Crippen LogP contribution is 2.26. The van der Waals surface area contributed by atoms with E-state index in [2.05, 4.69) is 27.5 Å². The number of hydrogen-bond donors (Lipinski definition) is 0. The number of benzene rings is 1. The molecule has 0 radical (unpaired) electrons. The van der Waals surface area contributed by atoms with Crippen molar-refractivity contribution in [3.63, 3.8) is 0 Å². The predicted octanol–water partition coefficient (Wildman–Crippen LogP) is 5.48. The molecule has 1 aliphatic rings. The van der Waals surface area contributed by atoms with Crippen LogP contribution in [-0.2, 0) is 11.3 Å². The van der Waals surface area contributed by atoms with Gasteiger partial charge in [-0.1, -0.05) is 23.7 Å². The minimum absolute atomic E-state index is 0.285. The van der Waals surface area contributed by atoms with Crippen molar-refractivity contribution in [1.82, 2.24) is 9.47 Å². The number of thiophene rings is 1. The number of thiazole rings is 1. The zero-order valence-electron chi connectivity index (χ0n) is 15.7. The van der Waals surface area contributed by atoms with Crippen molar-refractivity contribution in [2.75, 3.05) is 13.1 Å². The van der Waals surface area contributed by atoms with Gasteiger partial charge in [-0.3, -0.25) is 4.79 Å². The predicted molar refractivity (Wildman–Crippen MR) is 117 cm³/mol. The number of nitrogens with zero attached hydrogens (tertiary/aromatic N) is 3. The maximum absolute atomic E-state index is 11.9. The Morgan fingerprint density at radius 1 is 1.21 bits per heavy atom. The first-order valence-electron chi connectivity index (χ1n) is 9.43. The van der Waals surface area contributed by atoms with Crippen LogP contribution in [0.1, 0.15) is 24.8 Å². The fraction of sp³-hybridized carbons (Fsp3) is 0.333. The number of rotatable bonds is 6. The Bertz CT molecular complexity index is 1040. The second-order valence-corrected chi connectivity index (χ2v) is 9.11. The van der Waals surface area contributed by atoms with E-state index >= 15 is 0 Å². The van der Waals surface area contributed by atoms with Gasteiger partial charge in [0.15, 0.2) is 4.80 Å². The van der Waals surface area contributed by atoms with Gasteiger partial charge in [-0.05, 0) is 48.9 Å². The van der Waals surface area contributed by atoms with Crippen LogP contribution in [0, 0.1) is 6.92 Å². The van der Waals surface area contributed by atoms with Crippen LogP contribution in [0.3, 0.4) is 0 Å². The molecule has 0 aliphatic carbocycles. The number of halogens is 1. The van der Waals surface area contributed by atoms with E-state index < -0.39 is 0 Å². The number of aromatic nitrogens is 1. The molecule has 1 saturated heterocycles. The Hall–Kier alpha value is -1.89. The topological polar surface area (TPSA) is 37.6 Å². The first-order chi connectivity index (χ1) is 13.6. The van der Waals surface area contributed by atoms with Crippen molar-refractivity contribution in [2.45, 2.75) is 32.7 Å². The molecule has 1 amide bonds. The molecular weight excluding hydrogens is 410 g/mol. The van der Waals surface area contributed by atoms with E-state index in [1.165, 1.54) is 10.6 Å². The number of carbonyl (C=O) groups excluding carboxylic acids is 1. The molecule has 0 N–H and O–H groups in total. The van der Waals surface area contributed by atoms with Crippen LogP contribution in [0.25, 0.3) is 10.6 Å². The summed E-state index contributed by atoms with van der Waals surface area (Å²) in [5, 5.41) is 4.99. The first-order valence-corrected chi connectivity index (χ1v) is 11.6. The van der Waals surface area contributed by atoms with Gasteiger partial charge in [-0.15, -0.1) is 22.7 Å². The van der Waals surface area contributed by atoms with Crippen LogP contribution in [0.15, 0.2) is 46.1 Å². The van der Waals surface area contributed by atoms with Gasteiger partial charge in [0.1, 0.15) is 0 Å². The molecule has 0 spiro atoms. The molecule has 0 saturated carbocycles. The van der Waals surface area contributed by atoms with Gasteiger partial charge in [-0.25, -0.2) is 4.99 Å². The molecular formula is C21H22ClN3OS2. The molecule has 2 aromatic heterocycles. The normalized spacial score (nSPS) is 15.0. The van der Waals surface area contributed by atoms with Gasteiger partial charge in [-0.2, -0.15) is 0 Å². The summed E-state index contributed by atoms with van der Waals surface area (Å²) in [6, 6.07) is 10.1.